The van der Waals surface area contributed by atoms with Crippen molar-refractivity contribution in [1.82, 2.24) is 4.98 Å². The fourth-order valence-electron chi connectivity index (χ4n) is 1.67. The molecule has 1 aromatic heterocycles. The van der Waals surface area contributed by atoms with Crippen LogP contribution in [0.25, 0.3) is 0 Å². The Labute approximate surface area is 84.8 Å². The normalized spacial score (nSPS) is 26.1. The highest BCUT2D eigenvalue weighted by Gasteiger charge is 2.33. The second-order valence-corrected chi connectivity index (χ2v) is 3.80. The molecule has 5 heteroatoms. The van der Waals surface area contributed by atoms with Crippen LogP contribution in [0.15, 0.2) is 18.3 Å². The first-order chi connectivity index (χ1) is 6.97. The molecule has 1 N–H and O–H groups in total. The molecule has 0 aromatic carbocycles. The Morgan fingerprint density at radius 3 is 2.33 bits per heavy atom. The number of hydrogen-bond donors (Lipinski definition) is 1. The zero-order valence-corrected chi connectivity index (χ0v) is 7.83. The van der Waals surface area contributed by atoms with Crippen molar-refractivity contribution < 1.29 is 18.3 Å². The van der Waals surface area contributed by atoms with Gasteiger partial charge in [-0.15, -0.1) is 0 Å². The molecule has 1 saturated carbocycles. The van der Waals surface area contributed by atoms with Crippen LogP contribution in [-0.4, -0.2) is 16.2 Å². The van der Waals surface area contributed by atoms with Gasteiger partial charge in [-0.3, -0.25) is 4.98 Å². The van der Waals surface area contributed by atoms with Crippen molar-refractivity contribution in [3.63, 3.8) is 0 Å². The highest BCUT2D eigenvalue weighted by Crippen LogP contribution is 2.37. The molecule has 0 saturated heterocycles. The van der Waals surface area contributed by atoms with Crippen LogP contribution in [0.1, 0.15) is 30.0 Å². The molecule has 2 nitrogen and oxygen atoms in total. The molecule has 0 bridgehead atoms. The summed E-state index contributed by atoms with van der Waals surface area (Å²) in [5, 5.41) is 9.06. The van der Waals surface area contributed by atoms with Crippen molar-refractivity contribution >= 4 is 0 Å². The van der Waals surface area contributed by atoms with Gasteiger partial charge >= 0.3 is 6.18 Å². The van der Waals surface area contributed by atoms with E-state index in [0.717, 1.165) is 11.6 Å². The molecular formula is C10H10F3NO. The van der Waals surface area contributed by atoms with Crippen LogP contribution >= 0.6 is 0 Å². The van der Waals surface area contributed by atoms with Gasteiger partial charge in [0.2, 0.25) is 0 Å². The minimum Gasteiger partial charge on any atom is -0.393 e. The van der Waals surface area contributed by atoms with Crippen molar-refractivity contribution in [3.8, 4) is 0 Å². The highest BCUT2D eigenvalue weighted by atomic mass is 19.4. The monoisotopic (exact) mass is 217 g/mol. The third-order valence-electron chi connectivity index (χ3n) is 2.66. The topological polar surface area (TPSA) is 33.1 Å². The minimum absolute atomic E-state index is 0.162. The summed E-state index contributed by atoms with van der Waals surface area (Å²) in [6, 6.07) is 2.42. The summed E-state index contributed by atoms with van der Waals surface area (Å²) in [6.07, 6.45) is -2.20. The number of aliphatic hydroxyl groups excluding tert-OH is 1. The van der Waals surface area contributed by atoms with E-state index in [1.54, 1.807) is 0 Å². The summed E-state index contributed by atoms with van der Waals surface area (Å²) >= 11 is 0. The van der Waals surface area contributed by atoms with E-state index in [-0.39, 0.29) is 12.0 Å². The molecule has 1 heterocycles. The Kier molecular flexibility index (Phi) is 2.42. The first-order valence-electron chi connectivity index (χ1n) is 4.68. The summed E-state index contributed by atoms with van der Waals surface area (Å²) in [5.74, 6) is 0.162. The van der Waals surface area contributed by atoms with E-state index >= 15 is 0 Å². The van der Waals surface area contributed by atoms with Crippen LogP contribution in [0, 0.1) is 0 Å². The second kappa shape index (κ2) is 3.48. The van der Waals surface area contributed by atoms with Gasteiger partial charge < -0.3 is 5.11 Å². The predicted octanol–water partition coefficient (Wildman–Crippen LogP) is 2.34. The smallest absolute Gasteiger partial charge is 0.393 e. The lowest BCUT2D eigenvalue weighted by Gasteiger charge is -2.31. The Hall–Kier alpha value is -1.10. The van der Waals surface area contributed by atoms with Crippen molar-refractivity contribution in [3.05, 3.63) is 29.6 Å². The van der Waals surface area contributed by atoms with Gasteiger partial charge in [-0.2, -0.15) is 13.2 Å². The van der Waals surface area contributed by atoms with Crippen LogP contribution in [0.5, 0.6) is 0 Å². The average Bonchev–Trinajstić information content (AvgIpc) is 2.12. The molecule has 15 heavy (non-hydrogen) atoms. The number of aromatic nitrogens is 1. The van der Waals surface area contributed by atoms with Crippen LogP contribution in [0.4, 0.5) is 13.2 Å². The predicted molar refractivity (Wildman–Crippen MR) is 47.2 cm³/mol. The van der Waals surface area contributed by atoms with Gasteiger partial charge in [-0.1, -0.05) is 6.07 Å². The Morgan fingerprint density at radius 1 is 1.27 bits per heavy atom. The molecular weight excluding hydrogens is 207 g/mol. The molecule has 82 valence electrons. The summed E-state index contributed by atoms with van der Waals surface area (Å²) in [5.41, 5.74) is -0.0978. The molecule has 1 aromatic rings. The van der Waals surface area contributed by atoms with E-state index in [4.69, 9.17) is 5.11 Å². The van der Waals surface area contributed by atoms with Gasteiger partial charge in [0, 0.05) is 6.20 Å². The fraction of sp³-hybridized carbons (Fsp3) is 0.500. The van der Waals surface area contributed by atoms with E-state index < -0.39 is 11.9 Å². The van der Waals surface area contributed by atoms with Crippen molar-refractivity contribution in [1.29, 1.82) is 0 Å². The van der Waals surface area contributed by atoms with Crippen LogP contribution in [0.3, 0.4) is 0 Å². The Balaban J connectivity index is 2.11. The molecule has 0 radical (unpaired) electrons. The van der Waals surface area contributed by atoms with Gasteiger partial charge in [-0.05, 0) is 30.4 Å². The van der Waals surface area contributed by atoms with E-state index in [1.165, 1.54) is 12.3 Å². The van der Waals surface area contributed by atoms with E-state index in [0.29, 0.717) is 12.8 Å². The number of nitrogens with zero attached hydrogens (tertiary/aromatic N) is 1. The molecule has 0 amide bonds. The molecule has 0 aliphatic heterocycles. The van der Waals surface area contributed by atoms with Crippen molar-refractivity contribution in [2.75, 3.05) is 0 Å². The van der Waals surface area contributed by atoms with Gasteiger partial charge in [0.25, 0.3) is 0 Å². The molecule has 1 fully saturated rings. The van der Waals surface area contributed by atoms with Crippen LogP contribution < -0.4 is 0 Å². The quantitative estimate of drug-likeness (QED) is 0.783. The maximum Gasteiger partial charge on any atom is 0.433 e. The number of hydrogen-bond acceptors (Lipinski definition) is 2. The van der Waals surface area contributed by atoms with Crippen molar-refractivity contribution in [2.24, 2.45) is 0 Å². The molecule has 1 aliphatic rings. The molecule has 0 spiro atoms. The van der Waals surface area contributed by atoms with Crippen molar-refractivity contribution in [2.45, 2.75) is 31.0 Å². The SMILES string of the molecule is OC1CC(c2ccc(C(F)(F)F)nc2)C1. The molecule has 0 unspecified atom stereocenters. The summed E-state index contributed by atoms with van der Waals surface area (Å²) in [7, 11) is 0. The minimum atomic E-state index is -4.38. The Morgan fingerprint density at radius 2 is 1.93 bits per heavy atom. The van der Waals surface area contributed by atoms with Crippen LogP contribution in [-0.2, 0) is 6.18 Å². The zero-order chi connectivity index (χ0) is 11.1. The summed E-state index contributed by atoms with van der Waals surface area (Å²) < 4.78 is 36.5. The van der Waals surface area contributed by atoms with Crippen LogP contribution in [0.2, 0.25) is 0 Å². The Bertz CT molecular complexity index is 341. The lowest BCUT2D eigenvalue weighted by Crippen LogP contribution is -2.26. The van der Waals surface area contributed by atoms with Gasteiger partial charge in [0.1, 0.15) is 5.69 Å². The number of halogens is 3. The number of aliphatic hydroxyl groups is 1. The largest absolute Gasteiger partial charge is 0.433 e. The highest BCUT2D eigenvalue weighted by molar-refractivity contribution is 5.22. The number of pyridine rings is 1. The summed E-state index contributed by atoms with van der Waals surface area (Å²) in [6.45, 7) is 0. The summed E-state index contributed by atoms with van der Waals surface area (Å²) in [4.78, 5) is 3.37. The molecule has 0 atom stereocenters. The fourth-order valence-corrected chi connectivity index (χ4v) is 1.67. The van der Waals surface area contributed by atoms with E-state index in [1.807, 2.05) is 0 Å². The van der Waals surface area contributed by atoms with Gasteiger partial charge in [0.15, 0.2) is 0 Å². The second-order valence-electron chi connectivity index (χ2n) is 3.80. The third kappa shape index (κ3) is 2.12. The zero-order valence-electron chi connectivity index (χ0n) is 7.83. The lowest BCUT2D eigenvalue weighted by molar-refractivity contribution is -0.141. The van der Waals surface area contributed by atoms with E-state index in [2.05, 4.69) is 4.98 Å². The average molecular weight is 217 g/mol. The number of alkyl halides is 3. The first-order valence-corrected chi connectivity index (χ1v) is 4.68. The van der Waals surface area contributed by atoms with E-state index in [9.17, 15) is 13.2 Å². The lowest BCUT2D eigenvalue weighted by atomic mass is 9.78. The van der Waals surface area contributed by atoms with Gasteiger partial charge in [-0.25, -0.2) is 0 Å². The van der Waals surface area contributed by atoms with Gasteiger partial charge in [0.05, 0.1) is 6.10 Å². The first kappa shape index (κ1) is 10.4. The standard InChI is InChI=1S/C10H10F3NO/c11-10(12,13)9-2-1-6(5-14-9)7-3-8(15)4-7/h1-2,5,7-8,15H,3-4H2. The molecule has 2 rings (SSSR count). The number of rotatable bonds is 1. The third-order valence-corrected chi connectivity index (χ3v) is 2.66. The maximum atomic E-state index is 12.2. The molecule has 1 aliphatic carbocycles. The maximum absolute atomic E-state index is 12.2.